The minimum Gasteiger partial charge on any atom is -0.462 e. The normalized spacial score (nSPS) is 46.5. The number of carbonyl (C=O) groups is 2. The van der Waals surface area contributed by atoms with E-state index in [0.717, 1.165) is 31.1 Å². The van der Waals surface area contributed by atoms with Crippen LogP contribution in [-0.2, 0) is 14.3 Å². The van der Waals surface area contributed by atoms with E-state index in [9.17, 15) is 24.6 Å². The van der Waals surface area contributed by atoms with E-state index in [1.165, 1.54) is 19.3 Å². The number of carbonyl (C=O) groups excluding carboxylic acids is 2. The summed E-state index contributed by atoms with van der Waals surface area (Å²) in [4.78, 5) is 35.7. The molecule has 1 aromatic rings. The van der Waals surface area contributed by atoms with Crippen LogP contribution < -0.4 is 5.63 Å². The maximum Gasteiger partial charge on any atom is 0.335 e. The minimum atomic E-state index is -1.22. The van der Waals surface area contributed by atoms with Crippen LogP contribution in [0, 0.1) is 22.7 Å². The van der Waals surface area contributed by atoms with E-state index in [0.29, 0.717) is 32.1 Å². The highest BCUT2D eigenvalue weighted by molar-refractivity contribution is 5.67. The highest BCUT2D eigenvalue weighted by Gasteiger charge is 2.71. The van der Waals surface area contributed by atoms with Gasteiger partial charge in [-0.1, -0.05) is 6.92 Å². The summed E-state index contributed by atoms with van der Waals surface area (Å²) in [6.45, 7) is 3.51. The van der Waals surface area contributed by atoms with E-state index >= 15 is 0 Å². The van der Waals surface area contributed by atoms with Gasteiger partial charge in [-0.25, -0.2) is 4.79 Å². The predicted octanol–water partition coefficient (Wildman–Crippen LogP) is 3.11. The summed E-state index contributed by atoms with van der Waals surface area (Å²) in [7, 11) is 0. The summed E-state index contributed by atoms with van der Waals surface area (Å²) in [5.41, 5.74) is -2.96. The van der Waals surface area contributed by atoms with Crippen LogP contribution in [0.5, 0.6) is 0 Å². The van der Waals surface area contributed by atoms with Crippen LogP contribution in [-0.4, -0.2) is 39.8 Å². The largest absolute Gasteiger partial charge is 0.462 e. The molecule has 4 aliphatic carbocycles. The topological polar surface area (TPSA) is 114 Å². The lowest BCUT2D eigenvalue weighted by molar-refractivity contribution is -0.248. The van der Waals surface area contributed by atoms with E-state index in [2.05, 4.69) is 6.92 Å². The number of hydrogen-bond acceptors (Lipinski definition) is 7. The SMILES string of the molecule is CC(=O)O[C@H]1CC[C@]2(C=O)[C@H]3CC[C@]4(C)[C@@H](c5ccc(=O)oc5)CC[C@]4(O)[C@@H]3CC[C@]2(O)C1. The van der Waals surface area contributed by atoms with Gasteiger partial charge >= 0.3 is 11.6 Å². The van der Waals surface area contributed by atoms with Crippen molar-refractivity contribution in [2.45, 2.75) is 94.9 Å². The first-order valence-corrected chi connectivity index (χ1v) is 12.3. The van der Waals surface area contributed by atoms with Gasteiger partial charge in [-0.15, -0.1) is 0 Å². The monoisotopic (exact) mass is 458 g/mol. The van der Waals surface area contributed by atoms with Crippen molar-refractivity contribution in [3.8, 4) is 0 Å². The fraction of sp³-hybridized carbons (Fsp3) is 0.731. The summed E-state index contributed by atoms with van der Waals surface area (Å²) < 4.78 is 10.5. The number of esters is 1. The van der Waals surface area contributed by atoms with Crippen LogP contribution in [0.25, 0.3) is 0 Å². The Labute approximate surface area is 193 Å². The molecule has 1 heterocycles. The molecule has 0 spiro atoms. The van der Waals surface area contributed by atoms with Crippen molar-refractivity contribution in [3.63, 3.8) is 0 Å². The quantitative estimate of drug-likeness (QED) is 0.528. The first-order chi connectivity index (χ1) is 15.6. The molecule has 4 aliphatic rings. The van der Waals surface area contributed by atoms with Crippen molar-refractivity contribution < 1.29 is 29.0 Å². The maximum atomic E-state index is 12.7. The third-order valence-electron chi connectivity index (χ3n) is 10.2. The fourth-order valence-electron chi connectivity index (χ4n) is 8.57. The van der Waals surface area contributed by atoms with E-state index in [4.69, 9.17) is 9.15 Å². The molecule has 0 aliphatic heterocycles. The Kier molecular flexibility index (Phi) is 5.18. The molecular weight excluding hydrogens is 424 g/mol. The molecule has 8 atom stereocenters. The molecule has 0 bridgehead atoms. The van der Waals surface area contributed by atoms with Crippen molar-refractivity contribution in [2.75, 3.05) is 0 Å². The smallest absolute Gasteiger partial charge is 0.335 e. The molecule has 180 valence electrons. The van der Waals surface area contributed by atoms with Gasteiger partial charge < -0.3 is 24.2 Å². The van der Waals surface area contributed by atoms with Gasteiger partial charge in [-0.3, -0.25) is 4.79 Å². The molecule has 2 N–H and O–H groups in total. The van der Waals surface area contributed by atoms with Crippen molar-refractivity contribution in [3.05, 3.63) is 34.4 Å². The Morgan fingerprint density at radius 3 is 2.52 bits per heavy atom. The summed E-state index contributed by atoms with van der Waals surface area (Å²) >= 11 is 0. The van der Waals surface area contributed by atoms with Crippen LogP contribution >= 0.6 is 0 Å². The molecule has 0 unspecified atom stereocenters. The average Bonchev–Trinajstić information content (AvgIpc) is 3.04. The fourth-order valence-corrected chi connectivity index (χ4v) is 8.57. The molecule has 5 rings (SSSR count). The minimum absolute atomic E-state index is 0.0699. The number of hydrogen-bond donors (Lipinski definition) is 2. The molecule has 4 fully saturated rings. The lowest BCUT2D eigenvalue weighted by atomic mass is 9.41. The van der Waals surface area contributed by atoms with E-state index in [-0.39, 0.29) is 41.9 Å². The molecule has 1 aromatic heterocycles. The highest BCUT2D eigenvalue weighted by atomic mass is 16.5. The van der Waals surface area contributed by atoms with Crippen molar-refractivity contribution in [1.29, 1.82) is 0 Å². The lowest BCUT2D eigenvalue weighted by Gasteiger charge is -2.65. The molecule has 0 saturated heterocycles. The highest BCUT2D eigenvalue weighted by Crippen LogP contribution is 2.71. The number of aliphatic hydroxyl groups is 2. The van der Waals surface area contributed by atoms with Gasteiger partial charge in [0.2, 0.25) is 0 Å². The molecule has 0 amide bonds. The predicted molar refractivity (Wildman–Crippen MR) is 118 cm³/mol. The Hall–Kier alpha value is -1.99. The van der Waals surface area contributed by atoms with Gasteiger partial charge in [0.15, 0.2) is 0 Å². The van der Waals surface area contributed by atoms with Crippen molar-refractivity contribution in [1.82, 2.24) is 0 Å². The van der Waals surface area contributed by atoms with Gasteiger partial charge in [0.05, 0.1) is 22.9 Å². The van der Waals surface area contributed by atoms with Gasteiger partial charge in [-0.2, -0.15) is 0 Å². The second-order valence-electron chi connectivity index (χ2n) is 11.3. The molecule has 0 radical (unpaired) electrons. The number of aldehydes is 1. The van der Waals surface area contributed by atoms with Crippen LogP contribution in [0.3, 0.4) is 0 Å². The molecular formula is C26H34O7. The average molecular weight is 459 g/mol. The molecule has 33 heavy (non-hydrogen) atoms. The zero-order chi connectivity index (χ0) is 23.6. The summed E-state index contributed by atoms with van der Waals surface area (Å²) in [5, 5.41) is 24.0. The second-order valence-corrected chi connectivity index (χ2v) is 11.3. The van der Waals surface area contributed by atoms with E-state index < -0.39 is 22.0 Å². The second kappa shape index (κ2) is 7.51. The van der Waals surface area contributed by atoms with Gasteiger partial charge in [-0.05, 0) is 80.8 Å². The van der Waals surface area contributed by atoms with E-state index in [1.807, 2.05) is 6.07 Å². The standard InChI is InChI=1S/C26H34O7/c1-16(28)33-18-5-10-24(15-27)20-6-9-23(2)19(17-3-4-22(29)32-14-17)8-12-26(23,31)21(20)7-11-25(24,30)13-18/h3-4,14-15,18-21,30-31H,5-13H2,1-2H3/t18-,19+,20-,21+,23+,24-,25-,26-/m0/s1. The summed E-state index contributed by atoms with van der Waals surface area (Å²) in [6, 6.07) is 3.24. The van der Waals surface area contributed by atoms with Gasteiger partial charge in [0, 0.05) is 24.8 Å². The number of fused-ring (bicyclic) bond motifs is 5. The van der Waals surface area contributed by atoms with Crippen LogP contribution in [0.1, 0.15) is 83.1 Å². The van der Waals surface area contributed by atoms with Crippen LogP contribution in [0.4, 0.5) is 0 Å². The Morgan fingerprint density at radius 1 is 1.09 bits per heavy atom. The molecule has 0 aromatic carbocycles. The number of ether oxygens (including phenoxy) is 1. The molecule has 4 saturated carbocycles. The molecule has 7 nitrogen and oxygen atoms in total. The first-order valence-electron chi connectivity index (χ1n) is 12.3. The van der Waals surface area contributed by atoms with Crippen LogP contribution in [0.15, 0.2) is 27.6 Å². The third kappa shape index (κ3) is 3.04. The Bertz CT molecular complexity index is 998. The van der Waals surface area contributed by atoms with Crippen molar-refractivity contribution >= 4 is 12.3 Å². The third-order valence-corrected chi connectivity index (χ3v) is 10.2. The molecule has 7 heteroatoms. The van der Waals surface area contributed by atoms with Gasteiger partial charge in [0.1, 0.15) is 12.4 Å². The zero-order valence-corrected chi connectivity index (χ0v) is 19.4. The summed E-state index contributed by atoms with van der Waals surface area (Å²) in [6.07, 6.45) is 7.32. The van der Waals surface area contributed by atoms with Gasteiger partial charge in [0.25, 0.3) is 0 Å². The van der Waals surface area contributed by atoms with Crippen LogP contribution in [0.2, 0.25) is 0 Å². The summed E-state index contributed by atoms with van der Waals surface area (Å²) in [5.74, 6) is -0.502. The number of rotatable bonds is 3. The first kappa shape index (κ1) is 22.8. The maximum absolute atomic E-state index is 12.7. The van der Waals surface area contributed by atoms with E-state index in [1.54, 1.807) is 0 Å². The Balaban J connectivity index is 1.47. The lowest BCUT2D eigenvalue weighted by Crippen LogP contribution is -2.68. The van der Waals surface area contributed by atoms with Crippen molar-refractivity contribution in [2.24, 2.45) is 22.7 Å². The zero-order valence-electron chi connectivity index (χ0n) is 19.4. The Morgan fingerprint density at radius 2 is 1.85 bits per heavy atom.